The van der Waals surface area contributed by atoms with Crippen molar-refractivity contribution in [3.8, 4) is 11.5 Å². The Kier molecular flexibility index (Phi) is 6.34. The van der Waals surface area contributed by atoms with Gasteiger partial charge in [-0.15, -0.1) is 0 Å². The van der Waals surface area contributed by atoms with Crippen molar-refractivity contribution >= 4 is 29.1 Å². The molecule has 0 saturated carbocycles. The second-order valence-corrected chi connectivity index (χ2v) is 7.61. The van der Waals surface area contributed by atoms with Crippen LogP contribution in [0.25, 0.3) is 5.76 Å². The van der Waals surface area contributed by atoms with E-state index in [-0.39, 0.29) is 28.6 Å². The third-order valence-electron chi connectivity index (χ3n) is 4.98. The highest BCUT2D eigenvalue weighted by atomic mass is 35.5. The molecule has 1 aliphatic heterocycles. The molecule has 0 aromatic heterocycles. The number of phenols is 1. The Morgan fingerprint density at radius 1 is 1.20 bits per heavy atom. The second-order valence-electron chi connectivity index (χ2n) is 7.21. The van der Waals surface area contributed by atoms with Crippen molar-refractivity contribution in [2.24, 2.45) is 0 Å². The predicted molar refractivity (Wildman–Crippen MR) is 114 cm³/mol. The summed E-state index contributed by atoms with van der Waals surface area (Å²) in [5.74, 6) is -1.56. The summed E-state index contributed by atoms with van der Waals surface area (Å²) in [6, 6.07) is 10.3. The Hall–Kier alpha value is -3.03. The number of ether oxygens (including phenoxy) is 1. The Morgan fingerprint density at radius 3 is 2.53 bits per heavy atom. The minimum atomic E-state index is -0.854. The number of aliphatic hydroxyl groups is 1. The zero-order valence-electron chi connectivity index (χ0n) is 16.9. The lowest BCUT2D eigenvalue weighted by molar-refractivity contribution is -0.140. The zero-order valence-corrected chi connectivity index (χ0v) is 17.7. The number of carbonyl (C=O) groups excluding carboxylic acids is 2. The molecular weight excluding hydrogens is 408 g/mol. The predicted octanol–water partition coefficient (Wildman–Crippen LogP) is 3.04. The summed E-state index contributed by atoms with van der Waals surface area (Å²) in [7, 11) is 5.18. The minimum Gasteiger partial charge on any atom is -0.507 e. The number of amides is 1. The number of benzene rings is 2. The summed E-state index contributed by atoms with van der Waals surface area (Å²) in [4.78, 5) is 29.1. The zero-order chi connectivity index (χ0) is 22.0. The van der Waals surface area contributed by atoms with Crippen molar-refractivity contribution < 1.29 is 24.5 Å². The van der Waals surface area contributed by atoms with Crippen LogP contribution in [0.3, 0.4) is 0 Å². The summed E-state index contributed by atoms with van der Waals surface area (Å²) in [5.41, 5.74) is 0.762. The smallest absolute Gasteiger partial charge is 0.295 e. The van der Waals surface area contributed by atoms with Gasteiger partial charge in [0.15, 0.2) is 0 Å². The molecule has 0 spiro atoms. The first-order chi connectivity index (χ1) is 14.3. The SMILES string of the molecule is COc1ccccc1/C(O)=C1/C(=O)C(=O)N(CCN(C)C)C1c1ccc(O)c(Cl)c1. The summed E-state index contributed by atoms with van der Waals surface area (Å²) < 4.78 is 5.30. The van der Waals surface area contributed by atoms with Gasteiger partial charge in [-0.25, -0.2) is 0 Å². The molecule has 158 valence electrons. The van der Waals surface area contributed by atoms with Crippen LogP contribution in [-0.4, -0.2) is 66.0 Å². The van der Waals surface area contributed by atoms with Crippen LogP contribution in [0, 0.1) is 0 Å². The second kappa shape index (κ2) is 8.77. The molecule has 1 aliphatic rings. The number of aromatic hydroxyl groups is 1. The molecule has 1 amide bonds. The molecule has 0 bridgehead atoms. The maximum atomic E-state index is 13.0. The lowest BCUT2D eigenvalue weighted by Gasteiger charge is -2.27. The van der Waals surface area contributed by atoms with E-state index in [2.05, 4.69) is 0 Å². The van der Waals surface area contributed by atoms with Gasteiger partial charge in [0.25, 0.3) is 11.7 Å². The Bertz CT molecular complexity index is 1020. The van der Waals surface area contributed by atoms with E-state index in [0.29, 0.717) is 23.4 Å². The van der Waals surface area contributed by atoms with Crippen LogP contribution >= 0.6 is 11.6 Å². The Balaban J connectivity index is 2.21. The molecule has 1 saturated heterocycles. The fraction of sp³-hybridized carbons (Fsp3) is 0.273. The number of carbonyl (C=O) groups is 2. The first-order valence-corrected chi connectivity index (χ1v) is 9.69. The van der Waals surface area contributed by atoms with E-state index >= 15 is 0 Å². The van der Waals surface area contributed by atoms with E-state index in [1.54, 1.807) is 30.3 Å². The van der Waals surface area contributed by atoms with Crippen molar-refractivity contribution in [3.05, 3.63) is 64.2 Å². The number of hydrogen-bond acceptors (Lipinski definition) is 6. The van der Waals surface area contributed by atoms with E-state index in [0.717, 1.165) is 0 Å². The average molecular weight is 431 g/mol. The quantitative estimate of drug-likeness (QED) is 0.416. The fourth-order valence-electron chi connectivity index (χ4n) is 3.44. The number of rotatable bonds is 6. The number of likely N-dealkylation sites (tertiary alicyclic amines) is 1. The van der Waals surface area contributed by atoms with E-state index in [9.17, 15) is 19.8 Å². The van der Waals surface area contributed by atoms with Gasteiger partial charge < -0.3 is 24.7 Å². The number of hydrogen-bond donors (Lipinski definition) is 2. The van der Waals surface area contributed by atoms with E-state index < -0.39 is 17.7 Å². The van der Waals surface area contributed by atoms with Crippen LogP contribution in [0.2, 0.25) is 5.02 Å². The number of nitrogens with zero attached hydrogens (tertiary/aromatic N) is 2. The molecule has 1 atom stereocenters. The Morgan fingerprint density at radius 2 is 1.90 bits per heavy atom. The Labute approximate surface area is 179 Å². The highest BCUT2D eigenvalue weighted by Crippen LogP contribution is 2.42. The minimum absolute atomic E-state index is 0.0509. The number of Topliss-reactive ketones (excluding diaryl/α,β-unsaturated/α-hetero) is 1. The van der Waals surface area contributed by atoms with Crippen LogP contribution in [0.1, 0.15) is 17.2 Å². The molecule has 3 rings (SSSR count). The van der Waals surface area contributed by atoms with Crippen molar-refractivity contribution in [1.82, 2.24) is 9.80 Å². The maximum absolute atomic E-state index is 13.0. The monoisotopic (exact) mass is 430 g/mol. The molecule has 1 heterocycles. The maximum Gasteiger partial charge on any atom is 0.295 e. The van der Waals surface area contributed by atoms with Crippen LogP contribution in [-0.2, 0) is 9.59 Å². The van der Waals surface area contributed by atoms with Gasteiger partial charge in [0.05, 0.1) is 29.3 Å². The molecule has 30 heavy (non-hydrogen) atoms. The molecule has 2 N–H and O–H groups in total. The van der Waals surface area contributed by atoms with Crippen LogP contribution in [0.5, 0.6) is 11.5 Å². The number of ketones is 1. The van der Waals surface area contributed by atoms with Gasteiger partial charge in [0.2, 0.25) is 0 Å². The van der Waals surface area contributed by atoms with Gasteiger partial charge in [-0.05, 0) is 43.9 Å². The number of aliphatic hydroxyl groups excluding tert-OH is 1. The molecule has 0 aliphatic carbocycles. The molecule has 7 nitrogen and oxygen atoms in total. The lowest BCUT2D eigenvalue weighted by atomic mass is 9.95. The van der Waals surface area contributed by atoms with Crippen molar-refractivity contribution in [3.63, 3.8) is 0 Å². The number of halogens is 1. The normalized spacial score (nSPS) is 18.3. The molecule has 1 fully saturated rings. The lowest BCUT2D eigenvalue weighted by Crippen LogP contribution is -2.35. The standard InChI is InChI=1S/C22H23ClN2O5/c1-24(2)10-11-25-19(13-8-9-16(26)15(23)12-13)18(21(28)22(25)29)20(27)14-6-4-5-7-17(14)30-3/h4-9,12,19,26-27H,10-11H2,1-3H3/b20-18-. The van der Waals surface area contributed by atoms with Gasteiger partial charge in [-0.2, -0.15) is 0 Å². The van der Waals surface area contributed by atoms with Gasteiger partial charge in [0, 0.05) is 13.1 Å². The van der Waals surface area contributed by atoms with Crippen molar-refractivity contribution in [2.45, 2.75) is 6.04 Å². The number of methoxy groups -OCH3 is 1. The van der Waals surface area contributed by atoms with Gasteiger partial charge in [-0.1, -0.05) is 29.8 Å². The summed E-state index contributed by atoms with van der Waals surface area (Å²) in [6.07, 6.45) is 0. The molecular formula is C22H23ClN2O5. The largest absolute Gasteiger partial charge is 0.507 e. The van der Waals surface area contributed by atoms with Crippen molar-refractivity contribution in [2.75, 3.05) is 34.3 Å². The van der Waals surface area contributed by atoms with Gasteiger partial charge >= 0.3 is 0 Å². The topological polar surface area (TPSA) is 90.3 Å². The van der Waals surface area contributed by atoms with Crippen molar-refractivity contribution in [1.29, 1.82) is 0 Å². The van der Waals surface area contributed by atoms with Crippen LogP contribution in [0.4, 0.5) is 0 Å². The summed E-state index contributed by atoms with van der Waals surface area (Å²) in [6.45, 7) is 0.785. The highest BCUT2D eigenvalue weighted by Gasteiger charge is 2.46. The van der Waals surface area contributed by atoms with E-state index in [1.165, 1.54) is 24.1 Å². The summed E-state index contributed by atoms with van der Waals surface area (Å²) >= 11 is 6.09. The molecule has 8 heteroatoms. The third-order valence-corrected chi connectivity index (χ3v) is 5.28. The first-order valence-electron chi connectivity index (χ1n) is 9.31. The average Bonchev–Trinajstić information content (AvgIpc) is 2.98. The fourth-order valence-corrected chi connectivity index (χ4v) is 3.63. The highest BCUT2D eigenvalue weighted by molar-refractivity contribution is 6.46. The molecule has 2 aromatic rings. The number of phenolic OH excluding ortho intramolecular Hbond substituents is 1. The first kappa shape index (κ1) is 21.7. The van der Waals surface area contributed by atoms with E-state index in [4.69, 9.17) is 16.3 Å². The number of para-hydroxylation sites is 1. The van der Waals surface area contributed by atoms with Gasteiger partial charge in [0.1, 0.15) is 17.3 Å². The number of likely N-dealkylation sites (N-methyl/N-ethyl adjacent to an activating group) is 1. The molecule has 0 radical (unpaired) electrons. The van der Waals surface area contributed by atoms with Crippen LogP contribution < -0.4 is 4.74 Å². The van der Waals surface area contributed by atoms with E-state index in [1.807, 2.05) is 19.0 Å². The molecule has 2 aromatic carbocycles. The van der Waals surface area contributed by atoms with Gasteiger partial charge in [-0.3, -0.25) is 9.59 Å². The van der Waals surface area contributed by atoms with Crippen LogP contribution in [0.15, 0.2) is 48.0 Å². The molecule has 1 unspecified atom stereocenters. The third kappa shape index (κ3) is 3.99. The summed E-state index contributed by atoms with van der Waals surface area (Å²) in [5, 5.41) is 21.0.